The van der Waals surface area contributed by atoms with E-state index in [9.17, 15) is 4.79 Å². The van der Waals surface area contributed by atoms with Crippen LogP contribution in [0.4, 0.5) is 11.4 Å². The maximum absolute atomic E-state index is 11.6. The smallest absolute Gasteiger partial charge is 0.234 e. The molecule has 0 unspecified atom stereocenters. The predicted molar refractivity (Wildman–Crippen MR) is 70.1 cm³/mol. The van der Waals surface area contributed by atoms with Crippen LogP contribution in [0.15, 0.2) is 34.9 Å². The van der Waals surface area contributed by atoms with Crippen molar-refractivity contribution in [2.75, 3.05) is 16.8 Å². The van der Waals surface area contributed by atoms with Crippen molar-refractivity contribution in [3.05, 3.63) is 30.6 Å². The molecular formula is C10H10N4OS2. The fourth-order valence-corrected chi connectivity index (χ4v) is 2.41. The number of hydrogen-bond donors (Lipinski definition) is 2. The van der Waals surface area contributed by atoms with Gasteiger partial charge in [-0.1, -0.05) is 17.8 Å². The van der Waals surface area contributed by atoms with Crippen LogP contribution in [0.5, 0.6) is 0 Å². The summed E-state index contributed by atoms with van der Waals surface area (Å²) in [7, 11) is 0. The van der Waals surface area contributed by atoms with E-state index in [1.54, 1.807) is 24.3 Å². The van der Waals surface area contributed by atoms with Gasteiger partial charge in [-0.2, -0.15) is 4.37 Å². The number of carbonyl (C=O) groups excluding carboxylic acids is 1. The van der Waals surface area contributed by atoms with Gasteiger partial charge >= 0.3 is 0 Å². The van der Waals surface area contributed by atoms with E-state index in [4.69, 9.17) is 5.73 Å². The summed E-state index contributed by atoms with van der Waals surface area (Å²) in [4.78, 5) is 15.6. The lowest BCUT2D eigenvalue weighted by molar-refractivity contribution is -0.113. The number of carbonyl (C=O) groups is 1. The molecule has 0 radical (unpaired) electrons. The van der Waals surface area contributed by atoms with Crippen molar-refractivity contribution >= 4 is 40.6 Å². The molecule has 0 bridgehead atoms. The summed E-state index contributed by atoms with van der Waals surface area (Å²) in [5.74, 6) is 0.222. The monoisotopic (exact) mass is 266 g/mol. The normalized spacial score (nSPS) is 10.1. The second-order valence-electron chi connectivity index (χ2n) is 3.17. The van der Waals surface area contributed by atoms with Gasteiger partial charge in [0.05, 0.1) is 5.75 Å². The summed E-state index contributed by atoms with van der Waals surface area (Å²) in [5.41, 5.74) is 6.94. The SMILES string of the molecule is Nc1cccc(NC(=O)CSc2ncns2)c1. The molecule has 0 spiro atoms. The lowest BCUT2D eigenvalue weighted by Gasteiger charge is -2.04. The van der Waals surface area contributed by atoms with Crippen LogP contribution in [0, 0.1) is 0 Å². The minimum Gasteiger partial charge on any atom is -0.399 e. The summed E-state index contributed by atoms with van der Waals surface area (Å²) in [6, 6.07) is 7.08. The second kappa shape index (κ2) is 5.65. The number of rotatable bonds is 4. The zero-order valence-corrected chi connectivity index (χ0v) is 10.4. The molecule has 3 N–H and O–H groups in total. The van der Waals surface area contributed by atoms with Gasteiger partial charge in [0, 0.05) is 11.4 Å². The summed E-state index contributed by atoms with van der Waals surface area (Å²) >= 11 is 2.64. The van der Waals surface area contributed by atoms with E-state index in [0.29, 0.717) is 17.1 Å². The van der Waals surface area contributed by atoms with Gasteiger partial charge in [0.25, 0.3) is 0 Å². The van der Waals surface area contributed by atoms with Crippen molar-refractivity contribution < 1.29 is 4.79 Å². The van der Waals surface area contributed by atoms with Gasteiger partial charge in [0.1, 0.15) is 6.33 Å². The first-order chi connectivity index (χ1) is 8.24. The summed E-state index contributed by atoms with van der Waals surface area (Å²) in [6.07, 6.45) is 1.47. The summed E-state index contributed by atoms with van der Waals surface area (Å²) in [5, 5.41) is 2.76. The zero-order valence-electron chi connectivity index (χ0n) is 8.79. The van der Waals surface area contributed by atoms with Gasteiger partial charge in [-0.05, 0) is 29.7 Å². The van der Waals surface area contributed by atoms with E-state index < -0.39 is 0 Å². The van der Waals surface area contributed by atoms with E-state index in [1.807, 2.05) is 0 Å². The van der Waals surface area contributed by atoms with E-state index in [1.165, 1.54) is 29.6 Å². The van der Waals surface area contributed by atoms with Crippen LogP contribution in [0.25, 0.3) is 0 Å². The molecule has 7 heteroatoms. The number of nitrogens with one attached hydrogen (secondary N) is 1. The molecule has 0 aliphatic rings. The summed E-state index contributed by atoms with van der Waals surface area (Å²) in [6.45, 7) is 0. The molecule has 88 valence electrons. The van der Waals surface area contributed by atoms with E-state index in [2.05, 4.69) is 14.7 Å². The van der Waals surface area contributed by atoms with E-state index >= 15 is 0 Å². The minimum atomic E-state index is -0.0872. The van der Waals surface area contributed by atoms with Gasteiger partial charge < -0.3 is 11.1 Å². The topological polar surface area (TPSA) is 80.9 Å². The fourth-order valence-electron chi connectivity index (χ4n) is 1.17. The number of aromatic nitrogens is 2. The molecule has 1 heterocycles. The molecule has 0 saturated heterocycles. The van der Waals surface area contributed by atoms with Crippen LogP contribution in [0.2, 0.25) is 0 Å². The van der Waals surface area contributed by atoms with Gasteiger partial charge in [-0.25, -0.2) is 4.98 Å². The summed E-state index contributed by atoms with van der Waals surface area (Å²) < 4.78 is 4.64. The highest BCUT2D eigenvalue weighted by atomic mass is 32.2. The molecule has 5 nitrogen and oxygen atoms in total. The zero-order chi connectivity index (χ0) is 12.1. The third-order valence-electron chi connectivity index (χ3n) is 1.84. The molecule has 0 fully saturated rings. The quantitative estimate of drug-likeness (QED) is 0.652. The number of anilines is 2. The molecule has 0 aliphatic carbocycles. The molecular weight excluding hydrogens is 256 g/mol. The van der Waals surface area contributed by atoms with Gasteiger partial charge in [0.15, 0.2) is 4.34 Å². The largest absolute Gasteiger partial charge is 0.399 e. The first kappa shape index (κ1) is 11.9. The number of hydrogen-bond acceptors (Lipinski definition) is 6. The van der Waals surface area contributed by atoms with Crippen LogP contribution in [-0.2, 0) is 4.79 Å². The Morgan fingerprint density at radius 3 is 3.12 bits per heavy atom. The van der Waals surface area contributed by atoms with Crippen LogP contribution in [-0.4, -0.2) is 21.0 Å². The predicted octanol–water partition coefficient (Wildman–Crippen LogP) is 1.85. The number of benzene rings is 1. The van der Waals surface area contributed by atoms with Crippen molar-refractivity contribution in [1.29, 1.82) is 0 Å². The van der Waals surface area contributed by atoms with Crippen LogP contribution in [0.1, 0.15) is 0 Å². The molecule has 2 rings (SSSR count). The number of nitrogens with two attached hydrogens (primary N) is 1. The van der Waals surface area contributed by atoms with Crippen molar-refractivity contribution in [3.63, 3.8) is 0 Å². The molecule has 0 saturated carbocycles. The van der Waals surface area contributed by atoms with Crippen molar-refractivity contribution in [2.24, 2.45) is 0 Å². The number of nitrogens with zero attached hydrogens (tertiary/aromatic N) is 2. The van der Waals surface area contributed by atoms with Gasteiger partial charge in [-0.3, -0.25) is 4.79 Å². The lowest BCUT2D eigenvalue weighted by Crippen LogP contribution is -2.13. The Labute approximate surface area is 107 Å². The second-order valence-corrected chi connectivity index (χ2v) is 5.17. The van der Waals surface area contributed by atoms with E-state index in [0.717, 1.165) is 4.34 Å². The van der Waals surface area contributed by atoms with Gasteiger partial charge in [-0.15, -0.1) is 0 Å². The number of amides is 1. The lowest BCUT2D eigenvalue weighted by atomic mass is 10.3. The Morgan fingerprint density at radius 1 is 1.53 bits per heavy atom. The Balaban J connectivity index is 1.85. The molecule has 1 aromatic carbocycles. The van der Waals surface area contributed by atoms with Gasteiger partial charge in [0.2, 0.25) is 5.91 Å². The number of nitrogen functional groups attached to an aromatic ring is 1. The number of thioether (sulfide) groups is 1. The van der Waals surface area contributed by atoms with Crippen molar-refractivity contribution in [1.82, 2.24) is 9.36 Å². The Morgan fingerprint density at radius 2 is 2.41 bits per heavy atom. The van der Waals surface area contributed by atoms with Crippen molar-refractivity contribution in [2.45, 2.75) is 4.34 Å². The third-order valence-corrected chi connectivity index (χ3v) is 3.64. The van der Waals surface area contributed by atoms with E-state index in [-0.39, 0.29) is 5.91 Å². The molecule has 1 aromatic heterocycles. The highest BCUT2D eigenvalue weighted by molar-refractivity contribution is 8.01. The average Bonchev–Trinajstić information content (AvgIpc) is 2.79. The minimum absolute atomic E-state index is 0.0872. The van der Waals surface area contributed by atoms with Crippen molar-refractivity contribution in [3.8, 4) is 0 Å². The maximum atomic E-state index is 11.6. The standard InChI is InChI=1S/C10H10N4OS2/c11-7-2-1-3-8(4-7)14-9(15)5-16-10-12-6-13-17-10/h1-4,6H,5,11H2,(H,14,15). The highest BCUT2D eigenvalue weighted by Crippen LogP contribution is 2.18. The van der Waals surface area contributed by atoms with Crippen LogP contribution < -0.4 is 11.1 Å². The maximum Gasteiger partial charge on any atom is 0.234 e. The van der Waals surface area contributed by atoms with Crippen LogP contribution >= 0.6 is 23.3 Å². The Kier molecular flexibility index (Phi) is 3.94. The Bertz CT molecular complexity index is 501. The highest BCUT2D eigenvalue weighted by Gasteiger charge is 2.05. The Hall–Kier alpha value is -1.60. The molecule has 0 aliphatic heterocycles. The molecule has 0 atom stereocenters. The first-order valence-corrected chi connectivity index (χ1v) is 6.55. The average molecular weight is 266 g/mol. The molecule has 1 amide bonds. The first-order valence-electron chi connectivity index (χ1n) is 4.79. The van der Waals surface area contributed by atoms with Crippen LogP contribution in [0.3, 0.4) is 0 Å². The third kappa shape index (κ3) is 3.72. The fraction of sp³-hybridized carbons (Fsp3) is 0.100. The molecule has 17 heavy (non-hydrogen) atoms. The molecule has 2 aromatic rings.